The molecule has 0 bridgehead atoms. The highest BCUT2D eigenvalue weighted by Crippen LogP contribution is 2.46. The summed E-state index contributed by atoms with van der Waals surface area (Å²) in [7, 11) is 2.03. The molecular formula is C13H23N3. The highest BCUT2D eigenvalue weighted by Gasteiger charge is 2.36. The Hall–Kier alpha value is -0.830. The Balaban J connectivity index is 2.25. The Kier molecular flexibility index (Phi) is 3.06. The fourth-order valence-corrected chi connectivity index (χ4v) is 3.02. The zero-order valence-corrected chi connectivity index (χ0v) is 10.6. The van der Waals surface area contributed by atoms with Crippen LogP contribution in [-0.2, 0) is 7.05 Å². The minimum absolute atomic E-state index is 0.445. The Morgan fingerprint density at radius 3 is 2.88 bits per heavy atom. The van der Waals surface area contributed by atoms with E-state index in [1.807, 2.05) is 17.9 Å². The molecule has 0 aliphatic heterocycles. The molecule has 0 amide bonds. The van der Waals surface area contributed by atoms with E-state index >= 15 is 0 Å². The van der Waals surface area contributed by atoms with Gasteiger partial charge in [-0.2, -0.15) is 5.10 Å². The topological polar surface area (TPSA) is 43.8 Å². The molecule has 1 saturated carbocycles. The first-order valence-electron chi connectivity index (χ1n) is 6.21. The van der Waals surface area contributed by atoms with Gasteiger partial charge < -0.3 is 5.73 Å². The monoisotopic (exact) mass is 221 g/mol. The molecule has 1 aliphatic carbocycles. The van der Waals surface area contributed by atoms with E-state index in [0.29, 0.717) is 17.3 Å². The van der Waals surface area contributed by atoms with Crippen LogP contribution in [0.2, 0.25) is 0 Å². The summed E-state index contributed by atoms with van der Waals surface area (Å²) in [5.74, 6) is 1.21. The van der Waals surface area contributed by atoms with Crippen molar-refractivity contribution in [1.82, 2.24) is 9.78 Å². The predicted octanol–water partition coefficient (Wildman–Crippen LogP) is 2.29. The standard InChI is InChI=1S/C13H23N3/c1-13(2)6-4-10(9-14)11(8-13)12-5-7-15-16(12)3/h5,7,10-11H,4,6,8-9,14H2,1-3H3. The van der Waals surface area contributed by atoms with Crippen molar-refractivity contribution in [3.8, 4) is 0 Å². The van der Waals surface area contributed by atoms with Gasteiger partial charge in [-0.1, -0.05) is 13.8 Å². The lowest BCUT2D eigenvalue weighted by molar-refractivity contribution is 0.161. The Labute approximate surface area is 98.0 Å². The zero-order chi connectivity index (χ0) is 11.8. The first kappa shape index (κ1) is 11.6. The molecular weight excluding hydrogens is 198 g/mol. The smallest absolute Gasteiger partial charge is 0.0492 e. The van der Waals surface area contributed by atoms with E-state index in [1.165, 1.54) is 25.0 Å². The highest BCUT2D eigenvalue weighted by atomic mass is 15.3. The van der Waals surface area contributed by atoms with Gasteiger partial charge in [0, 0.05) is 24.9 Å². The molecule has 0 saturated heterocycles. The number of nitrogens with zero attached hydrogens (tertiary/aromatic N) is 2. The molecule has 16 heavy (non-hydrogen) atoms. The molecule has 0 aromatic carbocycles. The van der Waals surface area contributed by atoms with Crippen molar-refractivity contribution >= 4 is 0 Å². The number of hydrogen-bond acceptors (Lipinski definition) is 2. The maximum absolute atomic E-state index is 5.91. The van der Waals surface area contributed by atoms with Crippen LogP contribution in [0.5, 0.6) is 0 Å². The molecule has 1 aliphatic rings. The van der Waals surface area contributed by atoms with Crippen LogP contribution in [0.4, 0.5) is 0 Å². The van der Waals surface area contributed by atoms with Gasteiger partial charge in [0.1, 0.15) is 0 Å². The SMILES string of the molecule is Cn1nccc1C1CC(C)(C)CCC1CN. The average Bonchev–Trinajstić information content (AvgIpc) is 2.63. The van der Waals surface area contributed by atoms with E-state index in [1.54, 1.807) is 0 Å². The zero-order valence-electron chi connectivity index (χ0n) is 10.6. The van der Waals surface area contributed by atoms with Crippen LogP contribution in [0.15, 0.2) is 12.3 Å². The Morgan fingerprint density at radius 2 is 2.31 bits per heavy atom. The average molecular weight is 221 g/mol. The second-order valence-corrected chi connectivity index (χ2v) is 5.89. The van der Waals surface area contributed by atoms with Crippen LogP contribution in [0.1, 0.15) is 44.7 Å². The summed E-state index contributed by atoms with van der Waals surface area (Å²) in [6.07, 6.45) is 5.67. The molecule has 90 valence electrons. The quantitative estimate of drug-likeness (QED) is 0.832. The van der Waals surface area contributed by atoms with E-state index in [9.17, 15) is 0 Å². The van der Waals surface area contributed by atoms with Gasteiger partial charge in [0.2, 0.25) is 0 Å². The van der Waals surface area contributed by atoms with Crippen molar-refractivity contribution in [2.24, 2.45) is 24.1 Å². The fraction of sp³-hybridized carbons (Fsp3) is 0.769. The largest absolute Gasteiger partial charge is 0.330 e. The maximum atomic E-state index is 5.91. The van der Waals surface area contributed by atoms with Crippen molar-refractivity contribution in [2.75, 3.05) is 6.54 Å². The summed E-state index contributed by atoms with van der Waals surface area (Å²) in [4.78, 5) is 0. The lowest BCUT2D eigenvalue weighted by Crippen LogP contribution is -2.33. The lowest BCUT2D eigenvalue weighted by Gasteiger charge is -2.40. The van der Waals surface area contributed by atoms with Gasteiger partial charge in [-0.25, -0.2) is 0 Å². The van der Waals surface area contributed by atoms with E-state index in [0.717, 1.165) is 6.54 Å². The molecule has 3 heteroatoms. The first-order chi connectivity index (χ1) is 7.53. The van der Waals surface area contributed by atoms with Gasteiger partial charge in [0.05, 0.1) is 0 Å². The third-order valence-electron chi connectivity index (χ3n) is 4.07. The summed E-state index contributed by atoms with van der Waals surface area (Å²) in [5.41, 5.74) is 7.70. The van der Waals surface area contributed by atoms with E-state index in [4.69, 9.17) is 5.73 Å². The van der Waals surface area contributed by atoms with Crippen LogP contribution in [0.3, 0.4) is 0 Å². The van der Waals surface area contributed by atoms with Crippen LogP contribution in [0.25, 0.3) is 0 Å². The maximum Gasteiger partial charge on any atom is 0.0492 e. The van der Waals surface area contributed by atoms with Crippen molar-refractivity contribution in [2.45, 2.75) is 39.0 Å². The Morgan fingerprint density at radius 1 is 1.56 bits per heavy atom. The fourth-order valence-electron chi connectivity index (χ4n) is 3.02. The number of nitrogens with two attached hydrogens (primary N) is 1. The summed E-state index contributed by atoms with van der Waals surface area (Å²) < 4.78 is 2.01. The van der Waals surface area contributed by atoms with Crippen molar-refractivity contribution in [1.29, 1.82) is 0 Å². The molecule has 1 heterocycles. The Bertz CT molecular complexity index is 354. The van der Waals surface area contributed by atoms with Crippen LogP contribution < -0.4 is 5.73 Å². The van der Waals surface area contributed by atoms with E-state index in [2.05, 4.69) is 25.0 Å². The normalized spacial score (nSPS) is 29.2. The number of aryl methyl sites for hydroxylation is 1. The molecule has 1 fully saturated rings. The van der Waals surface area contributed by atoms with Crippen molar-refractivity contribution < 1.29 is 0 Å². The van der Waals surface area contributed by atoms with Crippen molar-refractivity contribution in [3.05, 3.63) is 18.0 Å². The highest BCUT2D eigenvalue weighted by molar-refractivity contribution is 5.12. The minimum atomic E-state index is 0.445. The predicted molar refractivity (Wildman–Crippen MR) is 66.1 cm³/mol. The number of aromatic nitrogens is 2. The van der Waals surface area contributed by atoms with Gasteiger partial charge in [0.25, 0.3) is 0 Å². The second-order valence-electron chi connectivity index (χ2n) is 5.89. The number of hydrogen-bond donors (Lipinski definition) is 1. The molecule has 2 atom stereocenters. The lowest BCUT2D eigenvalue weighted by atomic mass is 9.66. The molecule has 0 radical (unpaired) electrons. The van der Waals surface area contributed by atoms with Crippen molar-refractivity contribution in [3.63, 3.8) is 0 Å². The van der Waals surface area contributed by atoms with E-state index < -0.39 is 0 Å². The summed E-state index contributed by atoms with van der Waals surface area (Å²) in [5, 5.41) is 4.28. The molecule has 0 spiro atoms. The molecule has 2 unspecified atom stereocenters. The van der Waals surface area contributed by atoms with Crippen LogP contribution in [-0.4, -0.2) is 16.3 Å². The third-order valence-corrected chi connectivity index (χ3v) is 4.07. The van der Waals surface area contributed by atoms with E-state index in [-0.39, 0.29) is 0 Å². The van der Waals surface area contributed by atoms with Crippen LogP contribution in [0, 0.1) is 11.3 Å². The summed E-state index contributed by atoms with van der Waals surface area (Å²) in [6, 6.07) is 2.15. The van der Waals surface area contributed by atoms with Crippen LogP contribution >= 0.6 is 0 Å². The number of rotatable bonds is 2. The third kappa shape index (κ3) is 2.14. The second kappa shape index (κ2) is 4.21. The molecule has 1 aromatic rings. The van der Waals surface area contributed by atoms with Gasteiger partial charge in [0.15, 0.2) is 0 Å². The first-order valence-corrected chi connectivity index (χ1v) is 6.21. The van der Waals surface area contributed by atoms with Gasteiger partial charge in [-0.3, -0.25) is 4.68 Å². The minimum Gasteiger partial charge on any atom is -0.330 e. The molecule has 2 N–H and O–H groups in total. The van der Waals surface area contributed by atoms with Gasteiger partial charge in [-0.15, -0.1) is 0 Å². The summed E-state index contributed by atoms with van der Waals surface area (Å²) in [6.45, 7) is 5.53. The molecule has 2 rings (SSSR count). The molecule has 1 aromatic heterocycles. The molecule has 3 nitrogen and oxygen atoms in total. The summed E-state index contributed by atoms with van der Waals surface area (Å²) >= 11 is 0. The van der Waals surface area contributed by atoms with Gasteiger partial charge >= 0.3 is 0 Å². The van der Waals surface area contributed by atoms with Gasteiger partial charge in [-0.05, 0) is 43.2 Å².